The molecule has 3 heterocycles. The van der Waals surface area contributed by atoms with Gasteiger partial charge in [0.15, 0.2) is 5.82 Å². The molecule has 0 aliphatic carbocycles. The molecule has 1 aliphatic heterocycles. The molecule has 0 aromatic carbocycles. The van der Waals surface area contributed by atoms with Gasteiger partial charge in [0, 0.05) is 19.6 Å². The van der Waals surface area contributed by atoms with Gasteiger partial charge < -0.3 is 9.84 Å². The third-order valence-electron chi connectivity index (χ3n) is 3.76. The van der Waals surface area contributed by atoms with Crippen molar-refractivity contribution in [1.82, 2.24) is 20.4 Å². The first-order valence-electron chi connectivity index (χ1n) is 6.99. The van der Waals surface area contributed by atoms with Crippen LogP contribution in [0.2, 0.25) is 0 Å². The Hall–Kier alpha value is -0.950. The molecular weight excluding hydrogens is 308 g/mol. The van der Waals surface area contributed by atoms with E-state index in [0.29, 0.717) is 11.8 Å². The summed E-state index contributed by atoms with van der Waals surface area (Å²) in [5.74, 6) is 1.89. The third-order valence-corrected chi connectivity index (χ3v) is 4.68. The fourth-order valence-corrected chi connectivity index (χ4v) is 3.48. The summed E-state index contributed by atoms with van der Waals surface area (Å²) in [7, 11) is 2.10. The molecule has 2 aromatic heterocycles. The highest BCUT2D eigenvalue weighted by atomic mass is 35.5. The molecule has 3 rings (SSSR count). The van der Waals surface area contributed by atoms with E-state index in [0.717, 1.165) is 30.3 Å². The van der Waals surface area contributed by atoms with Gasteiger partial charge in [-0.1, -0.05) is 19.0 Å². The standard InChI is InChI=1S/C14H20N4OS.ClH/c1-9(2)10-4-7-20-12(10)14-16-13(17-19-14)11-8-15-5-6-18(11)3;/h4,7,9,11,15H,5-6,8H2,1-3H3;1H. The van der Waals surface area contributed by atoms with Crippen LogP contribution in [0.15, 0.2) is 16.0 Å². The van der Waals surface area contributed by atoms with Gasteiger partial charge in [-0.05, 0) is 30.0 Å². The Kier molecular flexibility index (Phi) is 5.37. The maximum absolute atomic E-state index is 5.50. The normalized spacial score (nSPS) is 19.7. The summed E-state index contributed by atoms with van der Waals surface area (Å²) in [6.45, 7) is 7.26. The maximum Gasteiger partial charge on any atom is 0.268 e. The van der Waals surface area contributed by atoms with Crippen LogP contribution < -0.4 is 5.32 Å². The number of rotatable bonds is 3. The third kappa shape index (κ3) is 3.29. The molecular formula is C14H21ClN4OS. The second kappa shape index (κ2) is 6.87. The maximum atomic E-state index is 5.50. The molecule has 0 amide bonds. The molecule has 1 aliphatic rings. The number of nitrogens with zero attached hydrogens (tertiary/aromatic N) is 3. The summed E-state index contributed by atoms with van der Waals surface area (Å²) < 4.78 is 5.50. The predicted molar refractivity (Wildman–Crippen MR) is 87.2 cm³/mol. The first kappa shape index (κ1) is 16.4. The average Bonchev–Trinajstić information content (AvgIpc) is 3.07. The largest absolute Gasteiger partial charge is 0.333 e. The van der Waals surface area contributed by atoms with Crippen molar-refractivity contribution in [3.05, 3.63) is 22.8 Å². The van der Waals surface area contributed by atoms with Crippen molar-refractivity contribution < 1.29 is 4.52 Å². The van der Waals surface area contributed by atoms with Crippen molar-refractivity contribution in [3.63, 3.8) is 0 Å². The van der Waals surface area contributed by atoms with Crippen LogP contribution in [0.5, 0.6) is 0 Å². The molecule has 1 saturated heterocycles. The van der Waals surface area contributed by atoms with Gasteiger partial charge in [-0.3, -0.25) is 4.90 Å². The van der Waals surface area contributed by atoms with E-state index in [2.05, 4.69) is 52.7 Å². The molecule has 1 unspecified atom stereocenters. The van der Waals surface area contributed by atoms with E-state index < -0.39 is 0 Å². The van der Waals surface area contributed by atoms with Gasteiger partial charge in [0.05, 0.1) is 10.9 Å². The van der Waals surface area contributed by atoms with E-state index in [9.17, 15) is 0 Å². The van der Waals surface area contributed by atoms with Crippen LogP contribution in [0.25, 0.3) is 10.8 Å². The minimum absolute atomic E-state index is 0. The van der Waals surface area contributed by atoms with Crippen LogP contribution in [0.3, 0.4) is 0 Å². The lowest BCUT2D eigenvalue weighted by atomic mass is 10.0. The van der Waals surface area contributed by atoms with Crippen molar-refractivity contribution in [2.45, 2.75) is 25.8 Å². The van der Waals surface area contributed by atoms with E-state index in [-0.39, 0.29) is 18.4 Å². The number of nitrogens with one attached hydrogen (secondary N) is 1. The van der Waals surface area contributed by atoms with Gasteiger partial charge in [-0.15, -0.1) is 23.7 Å². The second-order valence-corrected chi connectivity index (χ2v) is 6.43. The van der Waals surface area contributed by atoms with Gasteiger partial charge in [-0.2, -0.15) is 4.98 Å². The van der Waals surface area contributed by atoms with Gasteiger partial charge in [0.25, 0.3) is 5.89 Å². The summed E-state index contributed by atoms with van der Waals surface area (Å²) in [5.41, 5.74) is 1.28. The molecule has 1 fully saturated rings. The van der Waals surface area contributed by atoms with E-state index in [1.165, 1.54) is 5.56 Å². The fourth-order valence-electron chi connectivity index (χ4n) is 2.50. The highest BCUT2D eigenvalue weighted by molar-refractivity contribution is 7.13. The molecule has 116 valence electrons. The minimum atomic E-state index is 0. The summed E-state index contributed by atoms with van der Waals surface area (Å²) >= 11 is 1.67. The van der Waals surface area contributed by atoms with Gasteiger partial charge in [-0.25, -0.2) is 0 Å². The Bertz CT molecular complexity index is 583. The zero-order valence-electron chi connectivity index (χ0n) is 12.5. The first-order chi connectivity index (χ1) is 9.66. The zero-order valence-corrected chi connectivity index (χ0v) is 14.1. The van der Waals surface area contributed by atoms with Crippen LogP contribution in [-0.2, 0) is 0 Å². The first-order valence-corrected chi connectivity index (χ1v) is 7.87. The molecule has 0 saturated carbocycles. The van der Waals surface area contributed by atoms with E-state index >= 15 is 0 Å². The molecule has 2 aromatic rings. The average molecular weight is 329 g/mol. The van der Waals surface area contributed by atoms with E-state index in [4.69, 9.17) is 4.52 Å². The Morgan fingerprint density at radius 2 is 2.29 bits per heavy atom. The topological polar surface area (TPSA) is 54.2 Å². The quantitative estimate of drug-likeness (QED) is 0.939. The Morgan fingerprint density at radius 1 is 1.48 bits per heavy atom. The Labute approximate surface area is 135 Å². The number of hydrogen-bond donors (Lipinski definition) is 1. The number of aromatic nitrogens is 2. The van der Waals surface area contributed by atoms with Crippen molar-refractivity contribution in [2.75, 3.05) is 26.7 Å². The van der Waals surface area contributed by atoms with Crippen molar-refractivity contribution >= 4 is 23.7 Å². The zero-order chi connectivity index (χ0) is 14.1. The van der Waals surface area contributed by atoms with E-state index in [1.54, 1.807) is 11.3 Å². The summed E-state index contributed by atoms with van der Waals surface area (Å²) in [6.07, 6.45) is 0. The van der Waals surface area contributed by atoms with Gasteiger partial charge >= 0.3 is 0 Å². The predicted octanol–water partition coefficient (Wildman–Crippen LogP) is 2.92. The lowest BCUT2D eigenvalue weighted by molar-refractivity contribution is 0.190. The summed E-state index contributed by atoms with van der Waals surface area (Å²) in [5, 5.41) is 9.65. The van der Waals surface area contributed by atoms with Crippen molar-refractivity contribution in [3.8, 4) is 10.8 Å². The highest BCUT2D eigenvalue weighted by Gasteiger charge is 2.26. The number of piperazine rings is 1. The molecule has 1 atom stereocenters. The van der Waals surface area contributed by atoms with Crippen LogP contribution in [-0.4, -0.2) is 41.7 Å². The molecule has 0 radical (unpaired) electrons. The Balaban J connectivity index is 0.00000161. The Morgan fingerprint density at radius 3 is 3.00 bits per heavy atom. The number of halogens is 1. The second-order valence-electron chi connectivity index (χ2n) is 5.52. The van der Waals surface area contributed by atoms with Gasteiger partial charge in [0.2, 0.25) is 0 Å². The minimum Gasteiger partial charge on any atom is -0.333 e. The molecule has 5 nitrogen and oxygen atoms in total. The van der Waals surface area contributed by atoms with Crippen LogP contribution in [0.4, 0.5) is 0 Å². The summed E-state index contributed by atoms with van der Waals surface area (Å²) in [4.78, 5) is 7.99. The molecule has 0 spiro atoms. The fraction of sp³-hybridized carbons (Fsp3) is 0.571. The number of hydrogen-bond acceptors (Lipinski definition) is 6. The van der Waals surface area contributed by atoms with Crippen LogP contribution >= 0.6 is 23.7 Å². The lowest BCUT2D eigenvalue weighted by Crippen LogP contribution is -2.44. The van der Waals surface area contributed by atoms with E-state index in [1.807, 2.05) is 0 Å². The molecule has 1 N–H and O–H groups in total. The smallest absolute Gasteiger partial charge is 0.268 e. The highest BCUT2D eigenvalue weighted by Crippen LogP contribution is 2.33. The van der Waals surface area contributed by atoms with Gasteiger partial charge in [0.1, 0.15) is 0 Å². The monoisotopic (exact) mass is 328 g/mol. The van der Waals surface area contributed by atoms with Crippen LogP contribution in [0.1, 0.15) is 37.2 Å². The molecule has 0 bridgehead atoms. The van der Waals surface area contributed by atoms with Crippen LogP contribution in [0, 0.1) is 0 Å². The lowest BCUT2D eigenvalue weighted by Gasteiger charge is -2.30. The molecule has 7 heteroatoms. The SMILES string of the molecule is CC(C)c1ccsc1-c1nc(C2CNCCN2C)no1.Cl. The number of thiophene rings is 1. The number of likely N-dealkylation sites (N-methyl/N-ethyl adjacent to an activating group) is 1. The van der Waals surface area contributed by atoms with Crippen molar-refractivity contribution in [2.24, 2.45) is 0 Å². The molecule has 21 heavy (non-hydrogen) atoms. The van der Waals surface area contributed by atoms with Crippen molar-refractivity contribution in [1.29, 1.82) is 0 Å². The summed E-state index contributed by atoms with van der Waals surface area (Å²) in [6, 6.07) is 2.34.